The fourth-order valence-electron chi connectivity index (χ4n) is 3.80. The van der Waals surface area contributed by atoms with E-state index in [2.05, 4.69) is 32.3 Å². The zero-order valence-electron chi connectivity index (χ0n) is 17.4. The van der Waals surface area contributed by atoms with Crippen LogP contribution in [0.4, 0.5) is 16.2 Å². The molecule has 0 saturated carbocycles. The quantitative estimate of drug-likeness (QED) is 0.628. The number of carbonyl (C=O) groups excluding carboxylic acids is 1. The molecular weight excluding hydrogens is 378 g/mol. The van der Waals surface area contributed by atoms with Gasteiger partial charge in [-0.2, -0.15) is 0 Å². The number of nitrogens with one attached hydrogen (secondary N) is 2. The summed E-state index contributed by atoms with van der Waals surface area (Å²) in [4.78, 5) is 24.3. The summed E-state index contributed by atoms with van der Waals surface area (Å²) >= 11 is 0. The Kier molecular flexibility index (Phi) is 5.88. The van der Waals surface area contributed by atoms with Crippen LogP contribution in [0.5, 0.6) is 5.75 Å². The highest BCUT2D eigenvalue weighted by atomic mass is 16.5. The number of ether oxygens (including phenoxy) is 1. The minimum absolute atomic E-state index is 0.106. The van der Waals surface area contributed by atoms with Crippen LogP contribution in [0.3, 0.4) is 0 Å². The number of H-pyrrole nitrogens is 1. The number of carbonyl (C=O) groups is 1. The van der Waals surface area contributed by atoms with E-state index in [4.69, 9.17) is 4.74 Å². The molecule has 2 N–H and O–H groups in total. The molecule has 1 aliphatic heterocycles. The van der Waals surface area contributed by atoms with Crippen LogP contribution in [0.1, 0.15) is 23.7 Å². The van der Waals surface area contributed by atoms with E-state index in [1.807, 2.05) is 43.5 Å². The van der Waals surface area contributed by atoms with Crippen LogP contribution in [0, 0.1) is 0 Å². The minimum Gasteiger partial charge on any atom is -0.497 e. The molecule has 0 bridgehead atoms. The van der Waals surface area contributed by atoms with Crippen LogP contribution in [0.25, 0.3) is 0 Å². The van der Waals surface area contributed by atoms with E-state index in [1.165, 1.54) is 11.3 Å². The summed E-state index contributed by atoms with van der Waals surface area (Å²) in [6.07, 6.45) is 4.64. The Hall–Kier alpha value is -3.48. The maximum absolute atomic E-state index is 12.9. The van der Waals surface area contributed by atoms with E-state index in [0.717, 1.165) is 42.2 Å². The van der Waals surface area contributed by atoms with Gasteiger partial charge in [0, 0.05) is 37.2 Å². The molecule has 2 aromatic carbocycles. The Morgan fingerprint density at radius 3 is 2.80 bits per heavy atom. The van der Waals surface area contributed by atoms with E-state index in [1.54, 1.807) is 18.3 Å². The molecule has 1 aliphatic rings. The molecule has 7 nitrogen and oxygen atoms in total. The molecule has 30 heavy (non-hydrogen) atoms. The van der Waals surface area contributed by atoms with Gasteiger partial charge in [-0.1, -0.05) is 18.2 Å². The molecule has 0 saturated heterocycles. The zero-order chi connectivity index (χ0) is 20.9. The van der Waals surface area contributed by atoms with Crippen molar-refractivity contribution >= 4 is 17.4 Å². The van der Waals surface area contributed by atoms with Gasteiger partial charge in [-0.05, 0) is 48.7 Å². The number of anilines is 2. The number of nitrogens with zero attached hydrogens (tertiary/aromatic N) is 3. The number of aromatic nitrogens is 2. The minimum atomic E-state index is -0.106. The maximum atomic E-state index is 12.9. The Labute approximate surface area is 176 Å². The largest absolute Gasteiger partial charge is 0.497 e. The molecule has 0 radical (unpaired) electrons. The monoisotopic (exact) mass is 405 g/mol. The first-order valence-corrected chi connectivity index (χ1v) is 10.2. The standard InChI is InChI=1S/C23H27N5O2/c1-3-28(23(29)25-13-17-4-8-21(30-2)9-5-17)20-7-6-18-10-11-27(22(18)12-20)15-19-14-24-16-26-19/h4-9,12,14,16H,3,10-11,13,15H2,1-2H3,(H,24,26)(H,25,29). The van der Waals surface area contributed by atoms with Gasteiger partial charge in [-0.15, -0.1) is 0 Å². The topological polar surface area (TPSA) is 73.5 Å². The third kappa shape index (κ3) is 4.25. The third-order valence-corrected chi connectivity index (χ3v) is 5.44. The van der Waals surface area contributed by atoms with Gasteiger partial charge in [0.1, 0.15) is 5.75 Å². The van der Waals surface area contributed by atoms with Crippen LogP contribution in [0.2, 0.25) is 0 Å². The van der Waals surface area contributed by atoms with Crippen molar-refractivity contribution in [2.75, 3.05) is 30.0 Å². The van der Waals surface area contributed by atoms with E-state index >= 15 is 0 Å². The first-order chi connectivity index (χ1) is 14.7. The second kappa shape index (κ2) is 8.90. The summed E-state index contributed by atoms with van der Waals surface area (Å²) < 4.78 is 5.18. The molecule has 1 aromatic heterocycles. The van der Waals surface area contributed by atoms with Crippen molar-refractivity contribution in [3.05, 3.63) is 71.8 Å². The van der Waals surface area contributed by atoms with Crippen molar-refractivity contribution in [3.63, 3.8) is 0 Å². The molecule has 0 aliphatic carbocycles. The highest BCUT2D eigenvalue weighted by Gasteiger charge is 2.22. The first kappa shape index (κ1) is 19.8. The lowest BCUT2D eigenvalue weighted by atomic mass is 10.1. The smallest absolute Gasteiger partial charge is 0.322 e. The summed E-state index contributed by atoms with van der Waals surface area (Å²) in [6, 6.07) is 13.9. The molecule has 0 fully saturated rings. The second-order valence-electron chi connectivity index (χ2n) is 7.30. The normalized spacial score (nSPS) is 12.5. The van der Waals surface area contributed by atoms with Gasteiger partial charge in [0.2, 0.25) is 0 Å². The number of amides is 2. The highest BCUT2D eigenvalue weighted by Crippen LogP contribution is 2.33. The lowest BCUT2D eigenvalue weighted by Gasteiger charge is -2.24. The predicted octanol–water partition coefficient (Wildman–Crippen LogP) is 3.72. The van der Waals surface area contributed by atoms with Gasteiger partial charge in [-0.3, -0.25) is 4.90 Å². The molecule has 3 aromatic rings. The zero-order valence-corrected chi connectivity index (χ0v) is 17.4. The van der Waals surface area contributed by atoms with Gasteiger partial charge in [-0.25, -0.2) is 9.78 Å². The van der Waals surface area contributed by atoms with Gasteiger partial charge in [0.05, 0.1) is 25.7 Å². The van der Waals surface area contributed by atoms with Gasteiger partial charge >= 0.3 is 6.03 Å². The average Bonchev–Trinajstić information content (AvgIpc) is 3.43. The number of rotatable bonds is 7. The van der Waals surface area contributed by atoms with Crippen molar-refractivity contribution in [1.29, 1.82) is 0 Å². The predicted molar refractivity (Wildman–Crippen MR) is 118 cm³/mol. The molecular formula is C23H27N5O2. The molecule has 0 atom stereocenters. The fourth-order valence-corrected chi connectivity index (χ4v) is 3.80. The number of hydrogen-bond donors (Lipinski definition) is 2. The maximum Gasteiger partial charge on any atom is 0.322 e. The summed E-state index contributed by atoms with van der Waals surface area (Å²) in [5.41, 5.74) is 5.43. The van der Waals surface area contributed by atoms with Crippen molar-refractivity contribution in [2.24, 2.45) is 0 Å². The Balaban J connectivity index is 1.45. The van der Waals surface area contributed by atoms with Crippen molar-refractivity contribution in [3.8, 4) is 5.75 Å². The molecule has 156 valence electrons. The number of aromatic amines is 1. The van der Waals surface area contributed by atoms with Crippen LogP contribution in [-0.4, -0.2) is 36.2 Å². The lowest BCUT2D eigenvalue weighted by molar-refractivity contribution is 0.246. The first-order valence-electron chi connectivity index (χ1n) is 10.2. The Morgan fingerprint density at radius 2 is 2.10 bits per heavy atom. The lowest BCUT2D eigenvalue weighted by Crippen LogP contribution is -2.39. The van der Waals surface area contributed by atoms with Crippen LogP contribution < -0.4 is 19.9 Å². The molecule has 0 spiro atoms. The van der Waals surface area contributed by atoms with E-state index in [9.17, 15) is 4.79 Å². The average molecular weight is 406 g/mol. The Morgan fingerprint density at radius 1 is 1.27 bits per heavy atom. The SMILES string of the molecule is CCN(C(=O)NCc1ccc(OC)cc1)c1ccc2c(c1)N(Cc1c[nH]cn1)CC2. The molecule has 4 rings (SSSR count). The second-order valence-corrected chi connectivity index (χ2v) is 7.30. The number of benzene rings is 2. The van der Waals surface area contributed by atoms with E-state index in [-0.39, 0.29) is 6.03 Å². The number of imidazole rings is 1. The van der Waals surface area contributed by atoms with E-state index in [0.29, 0.717) is 13.1 Å². The van der Waals surface area contributed by atoms with E-state index < -0.39 is 0 Å². The molecule has 2 heterocycles. The summed E-state index contributed by atoms with van der Waals surface area (Å²) in [5, 5.41) is 3.02. The number of hydrogen-bond acceptors (Lipinski definition) is 4. The summed E-state index contributed by atoms with van der Waals surface area (Å²) in [7, 11) is 1.64. The molecule has 2 amide bonds. The fraction of sp³-hybridized carbons (Fsp3) is 0.304. The van der Waals surface area contributed by atoms with Gasteiger partial charge < -0.3 is 19.9 Å². The van der Waals surface area contributed by atoms with Crippen LogP contribution in [0.15, 0.2) is 55.0 Å². The Bertz CT molecular complexity index is 985. The van der Waals surface area contributed by atoms with Gasteiger partial charge in [0.25, 0.3) is 0 Å². The summed E-state index contributed by atoms with van der Waals surface area (Å²) in [6.45, 7) is 4.76. The van der Waals surface area contributed by atoms with Crippen LogP contribution in [-0.2, 0) is 19.5 Å². The third-order valence-electron chi connectivity index (χ3n) is 5.44. The van der Waals surface area contributed by atoms with Crippen molar-refractivity contribution < 1.29 is 9.53 Å². The molecule has 0 unspecified atom stereocenters. The number of fused-ring (bicyclic) bond motifs is 1. The number of urea groups is 1. The molecule has 7 heteroatoms. The number of methoxy groups -OCH3 is 1. The summed E-state index contributed by atoms with van der Waals surface area (Å²) in [5.74, 6) is 0.804. The van der Waals surface area contributed by atoms with Crippen molar-refractivity contribution in [2.45, 2.75) is 26.4 Å². The van der Waals surface area contributed by atoms with Crippen LogP contribution >= 0.6 is 0 Å². The highest BCUT2D eigenvalue weighted by molar-refractivity contribution is 5.92. The van der Waals surface area contributed by atoms with Gasteiger partial charge in [0.15, 0.2) is 0 Å². The van der Waals surface area contributed by atoms with Crippen molar-refractivity contribution in [1.82, 2.24) is 15.3 Å².